The van der Waals surface area contributed by atoms with Crippen LogP contribution in [0.1, 0.15) is 33.4 Å². The predicted octanol–water partition coefficient (Wildman–Crippen LogP) is 0.691. The monoisotopic (exact) mass is 526 g/mol. The third-order valence-electron chi connectivity index (χ3n) is 6.11. The number of hydrogen-bond acceptors (Lipinski definition) is 10. The molecule has 0 aliphatic heterocycles. The quantitative estimate of drug-likeness (QED) is 0.129. The molecule has 0 aromatic heterocycles. The SMILES string of the molecule is Cc1cc(C=NCCN=Cc2cc(C)cc(CN(CCN)CCN)c2O)c(O)c(CN(CCN)CCN)c1. The third kappa shape index (κ3) is 10.1. The molecule has 0 fully saturated rings. The molecule has 210 valence electrons. The van der Waals surface area contributed by atoms with E-state index in [4.69, 9.17) is 22.9 Å². The second kappa shape index (κ2) is 16.9. The first kappa shape index (κ1) is 31.4. The summed E-state index contributed by atoms with van der Waals surface area (Å²) in [4.78, 5) is 13.2. The van der Waals surface area contributed by atoms with Crippen LogP contribution in [0.15, 0.2) is 34.3 Å². The Kier molecular flexibility index (Phi) is 13.9. The van der Waals surface area contributed by atoms with Crippen LogP contribution < -0.4 is 22.9 Å². The van der Waals surface area contributed by atoms with E-state index in [1.165, 1.54) is 0 Å². The van der Waals surface area contributed by atoms with Crippen LogP contribution in [0.5, 0.6) is 11.5 Å². The Balaban J connectivity index is 2.04. The highest BCUT2D eigenvalue weighted by Gasteiger charge is 2.13. The van der Waals surface area contributed by atoms with Gasteiger partial charge in [-0.2, -0.15) is 0 Å². The van der Waals surface area contributed by atoms with Crippen molar-refractivity contribution < 1.29 is 10.2 Å². The molecular formula is C28H46N8O2. The molecule has 10 heteroatoms. The van der Waals surface area contributed by atoms with Gasteiger partial charge >= 0.3 is 0 Å². The zero-order chi connectivity index (χ0) is 27.9. The van der Waals surface area contributed by atoms with Crippen LogP contribution in [0.2, 0.25) is 0 Å². The molecule has 0 amide bonds. The molecule has 38 heavy (non-hydrogen) atoms. The Morgan fingerprint density at radius 1 is 0.632 bits per heavy atom. The zero-order valence-corrected chi connectivity index (χ0v) is 22.9. The molecule has 10 N–H and O–H groups in total. The Morgan fingerprint density at radius 3 is 1.29 bits per heavy atom. The van der Waals surface area contributed by atoms with E-state index in [0.29, 0.717) is 89.7 Å². The third-order valence-corrected chi connectivity index (χ3v) is 6.11. The Morgan fingerprint density at radius 2 is 0.974 bits per heavy atom. The van der Waals surface area contributed by atoms with E-state index in [0.717, 1.165) is 22.3 Å². The van der Waals surface area contributed by atoms with Gasteiger partial charge in [0.15, 0.2) is 0 Å². The Bertz CT molecular complexity index is 962. The fourth-order valence-corrected chi connectivity index (χ4v) is 4.40. The van der Waals surface area contributed by atoms with Crippen molar-refractivity contribution >= 4 is 12.4 Å². The molecule has 0 radical (unpaired) electrons. The molecule has 0 bridgehead atoms. The molecule has 10 nitrogen and oxygen atoms in total. The molecule has 0 aliphatic rings. The highest BCUT2D eigenvalue weighted by molar-refractivity contribution is 5.85. The summed E-state index contributed by atoms with van der Waals surface area (Å²) in [6, 6.07) is 7.77. The standard InChI is InChI=1S/C28H46N8O2/c1-21-13-23(27(37)25(15-21)19-35(9-3-29)10-4-30)17-33-7-8-34-18-24-14-22(2)16-26(28(24)38)20-36(11-5-31)12-6-32/h13-18,37-38H,3-12,19-20,29-32H2,1-2H3. The van der Waals surface area contributed by atoms with Crippen molar-refractivity contribution in [3.8, 4) is 11.5 Å². The lowest BCUT2D eigenvalue weighted by Gasteiger charge is -2.22. The number of benzene rings is 2. The second-order valence-electron chi connectivity index (χ2n) is 9.50. The van der Waals surface area contributed by atoms with Crippen LogP contribution in [-0.2, 0) is 13.1 Å². The highest BCUT2D eigenvalue weighted by Crippen LogP contribution is 2.26. The van der Waals surface area contributed by atoms with Crippen molar-refractivity contribution in [2.24, 2.45) is 32.9 Å². The summed E-state index contributed by atoms with van der Waals surface area (Å²) in [6.45, 7) is 11.0. The first-order chi connectivity index (χ1) is 18.3. The largest absolute Gasteiger partial charge is 0.507 e. The average Bonchev–Trinajstić information content (AvgIpc) is 2.87. The van der Waals surface area contributed by atoms with Gasteiger partial charge in [-0.3, -0.25) is 19.8 Å². The van der Waals surface area contributed by atoms with Crippen molar-refractivity contribution in [2.45, 2.75) is 26.9 Å². The van der Waals surface area contributed by atoms with Crippen molar-refractivity contribution in [1.29, 1.82) is 0 Å². The lowest BCUT2D eigenvalue weighted by atomic mass is 10.0. The van der Waals surface area contributed by atoms with Crippen molar-refractivity contribution in [3.05, 3.63) is 57.6 Å². The minimum Gasteiger partial charge on any atom is -0.507 e. The summed E-state index contributed by atoms with van der Waals surface area (Å²) in [5, 5.41) is 21.6. The molecule has 2 rings (SSSR count). The maximum atomic E-state index is 10.8. The normalized spacial score (nSPS) is 12.1. The van der Waals surface area contributed by atoms with Crippen LogP contribution in [0.25, 0.3) is 0 Å². The topological polar surface area (TPSA) is 176 Å². The fraction of sp³-hybridized carbons (Fsp3) is 0.500. The predicted molar refractivity (Wildman–Crippen MR) is 157 cm³/mol. The molecule has 0 saturated carbocycles. The van der Waals surface area contributed by atoms with Gasteiger partial charge in [0.1, 0.15) is 11.5 Å². The minimum absolute atomic E-state index is 0.220. The minimum atomic E-state index is 0.220. The number of phenols is 2. The van der Waals surface area contributed by atoms with E-state index in [9.17, 15) is 10.2 Å². The number of rotatable bonds is 17. The molecule has 2 aromatic rings. The van der Waals surface area contributed by atoms with Crippen molar-refractivity contribution in [3.63, 3.8) is 0 Å². The summed E-state index contributed by atoms with van der Waals surface area (Å²) in [5.74, 6) is 0.440. The van der Waals surface area contributed by atoms with E-state index < -0.39 is 0 Å². The van der Waals surface area contributed by atoms with E-state index in [1.807, 2.05) is 38.1 Å². The summed E-state index contributed by atoms with van der Waals surface area (Å²) < 4.78 is 0. The molecule has 0 aliphatic carbocycles. The smallest absolute Gasteiger partial charge is 0.128 e. The maximum Gasteiger partial charge on any atom is 0.128 e. The number of aryl methyl sites for hydroxylation is 2. The lowest BCUT2D eigenvalue weighted by molar-refractivity contribution is 0.276. The van der Waals surface area contributed by atoms with E-state index >= 15 is 0 Å². The van der Waals surface area contributed by atoms with E-state index in [-0.39, 0.29) is 11.5 Å². The van der Waals surface area contributed by atoms with Gasteiger partial charge in [0.05, 0.1) is 13.1 Å². The number of aliphatic imine (C=N–C) groups is 2. The first-order valence-electron chi connectivity index (χ1n) is 13.2. The molecule has 0 saturated heterocycles. The van der Waals surface area contributed by atoms with E-state index in [2.05, 4.69) is 19.8 Å². The van der Waals surface area contributed by atoms with Gasteiger partial charge in [-0.25, -0.2) is 0 Å². The van der Waals surface area contributed by atoms with E-state index in [1.54, 1.807) is 12.4 Å². The number of phenolic OH excluding ortho intramolecular Hbond substituents is 2. The van der Waals surface area contributed by atoms with Gasteiger partial charge < -0.3 is 33.1 Å². The van der Waals surface area contributed by atoms with Crippen LogP contribution in [0.4, 0.5) is 0 Å². The molecule has 0 atom stereocenters. The zero-order valence-electron chi connectivity index (χ0n) is 22.9. The molecule has 2 aromatic carbocycles. The van der Waals surface area contributed by atoms with Crippen molar-refractivity contribution in [2.75, 3.05) is 65.4 Å². The lowest BCUT2D eigenvalue weighted by Crippen LogP contribution is -2.33. The van der Waals surface area contributed by atoms with Gasteiger partial charge in [-0.05, 0) is 37.1 Å². The maximum absolute atomic E-state index is 10.8. The average molecular weight is 527 g/mol. The first-order valence-corrected chi connectivity index (χ1v) is 13.2. The number of nitrogens with two attached hydrogens (primary N) is 4. The second-order valence-corrected chi connectivity index (χ2v) is 9.50. The van der Waals surface area contributed by atoms with Gasteiger partial charge in [0, 0.05) is 100 Å². The van der Waals surface area contributed by atoms with Gasteiger partial charge in [-0.15, -0.1) is 0 Å². The number of aromatic hydroxyl groups is 2. The van der Waals surface area contributed by atoms with Crippen LogP contribution in [0, 0.1) is 13.8 Å². The Labute approximate surface area is 227 Å². The highest BCUT2D eigenvalue weighted by atomic mass is 16.3. The molecule has 0 heterocycles. The molecular weight excluding hydrogens is 480 g/mol. The summed E-state index contributed by atoms with van der Waals surface area (Å²) in [5.41, 5.74) is 27.9. The van der Waals surface area contributed by atoms with Gasteiger partial charge in [0.2, 0.25) is 0 Å². The van der Waals surface area contributed by atoms with Gasteiger partial charge in [0.25, 0.3) is 0 Å². The van der Waals surface area contributed by atoms with Crippen LogP contribution in [-0.4, -0.2) is 97.9 Å². The fourth-order valence-electron chi connectivity index (χ4n) is 4.40. The summed E-state index contributed by atoms with van der Waals surface area (Å²) in [7, 11) is 0. The van der Waals surface area contributed by atoms with Crippen molar-refractivity contribution in [1.82, 2.24) is 9.80 Å². The van der Waals surface area contributed by atoms with Crippen LogP contribution >= 0.6 is 0 Å². The van der Waals surface area contributed by atoms with Crippen LogP contribution in [0.3, 0.4) is 0 Å². The number of hydrogen-bond donors (Lipinski definition) is 6. The molecule has 0 spiro atoms. The Hall–Kier alpha value is -2.86. The summed E-state index contributed by atoms with van der Waals surface area (Å²) >= 11 is 0. The summed E-state index contributed by atoms with van der Waals surface area (Å²) in [6.07, 6.45) is 3.37. The van der Waals surface area contributed by atoms with Gasteiger partial charge in [-0.1, -0.05) is 12.1 Å². The number of nitrogens with zero attached hydrogens (tertiary/aromatic N) is 4. The molecule has 0 unspecified atom stereocenters.